The van der Waals surface area contributed by atoms with Gasteiger partial charge in [0.25, 0.3) is 0 Å². The average Bonchev–Trinajstić information content (AvgIpc) is 2.48. The van der Waals surface area contributed by atoms with Crippen LogP contribution >= 0.6 is 11.6 Å². The number of likely N-dealkylation sites (N-methyl/N-ethyl adjacent to an activating group) is 1. The fourth-order valence-corrected chi connectivity index (χ4v) is 3.33. The van der Waals surface area contributed by atoms with E-state index in [-0.39, 0.29) is 5.56 Å². The minimum atomic E-state index is -4.33. The molecule has 1 saturated heterocycles. The molecule has 0 bridgehead atoms. The highest BCUT2D eigenvalue weighted by Crippen LogP contribution is 2.34. The van der Waals surface area contributed by atoms with Gasteiger partial charge in [0.1, 0.15) is 16.7 Å². The first kappa shape index (κ1) is 18.4. The molecule has 0 aromatic heterocycles. The molecule has 0 saturated carbocycles. The number of benzene rings is 1. The van der Waals surface area contributed by atoms with Crippen LogP contribution in [-0.2, 0) is 0 Å². The first-order chi connectivity index (χ1) is 10.7. The van der Waals surface area contributed by atoms with Crippen molar-refractivity contribution in [2.45, 2.75) is 37.5 Å². The van der Waals surface area contributed by atoms with Crippen molar-refractivity contribution in [2.75, 3.05) is 20.1 Å². The van der Waals surface area contributed by atoms with Gasteiger partial charge in [-0.05, 0) is 32.5 Å². The molecule has 0 amide bonds. The zero-order valence-corrected chi connectivity index (χ0v) is 13.3. The summed E-state index contributed by atoms with van der Waals surface area (Å²) < 4.78 is 65.9. The molecule has 2 nitrogen and oxygen atoms in total. The molecule has 1 fully saturated rings. The standard InChI is InChI=1S/C15H18ClF5N2/c1-22-14(9-5-6-10(17)12(16)13(9)18)11-4-2-3-7-23(11)8-15(19,20)21/h5-6,11,14,22H,2-4,7-8H2,1H3. The molecule has 0 aliphatic carbocycles. The molecule has 23 heavy (non-hydrogen) atoms. The molecular formula is C15H18ClF5N2. The van der Waals surface area contributed by atoms with Crippen LogP contribution < -0.4 is 5.32 Å². The van der Waals surface area contributed by atoms with E-state index in [2.05, 4.69) is 5.32 Å². The number of hydrogen-bond acceptors (Lipinski definition) is 2. The minimum absolute atomic E-state index is 0.0815. The maximum atomic E-state index is 14.3. The van der Waals surface area contributed by atoms with Crippen molar-refractivity contribution >= 4 is 11.6 Å². The number of likely N-dealkylation sites (tertiary alicyclic amines) is 1. The monoisotopic (exact) mass is 356 g/mol. The number of halogens is 6. The molecule has 1 N–H and O–H groups in total. The molecule has 130 valence electrons. The third-order valence-electron chi connectivity index (χ3n) is 4.14. The molecule has 1 heterocycles. The van der Waals surface area contributed by atoms with Crippen LogP contribution in [0.5, 0.6) is 0 Å². The SMILES string of the molecule is CNC(c1ccc(F)c(Cl)c1F)C1CCCCN1CC(F)(F)F. The summed E-state index contributed by atoms with van der Waals surface area (Å²) in [5, 5.41) is 2.22. The molecule has 2 unspecified atom stereocenters. The summed E-state index contributed by atoms with van der Waals surface area (Å²) in [6.07, 6.45) is -2.41. The first-order valence-electron chi connectivity index (χ1n) is 7.36. The topological polar surface area (TPSA) is 15.3 Å². The van der Waals surface area contributed by atoms with Crippen LogP contribution in [0.3, 0.4) is 0 Å². The first-order valence-corrected chi connectivity index (χ1v) is 7.74. The Morgan fingerprint density at radius 1 is 1.30 bits per heavy atom. The summed E-state index contributed by atoms with van der Waals surface area (Å²) in [6.45, 7) is -0.759. The molecule has 1 aliphatic rings. The van der Waals surface area contributed by atoms with Gasteiger partial charge >= 0.3 is 6.18 Å². The average molecular weight is 357 g/mol. The highest BCUT2D eigenvalue weighted by atomic mass is 35.5. The predicted molar refractivity (Wildman–Crippen MR) is 78.4 cm³/mol. The molecule has 2 atom stereocenters. The smallest absolute Gasteiger partial charge is 0.312 e. The van der Waals surface area contributed by atoms with E-state index in [4.69, 9.17) is 11.6 Å². The minimum Gasteiger partial charge on any atom is -0.312 e. The molecule has 2 rings (SSSR count). The Bertz CT molecular complexity index is 549. The van der Waals surface area contributed by atoms with Crippen LogP contribution in [-0.4, -0.2) is 37.3 Å². The fourth-order valence-electron chi connectivity index (χ4n) is 3.16. The predicted octanol–water partition coefficient (Wildman–Crippen LogP) is 4.30. The van der Waals surface area contributed by atoms with Crippen LogP contribution in [0.15, 0.2) is 12.1 Å². The van der Waals surface area contributed by atoms with Gasteiger partial charge in [-0.2, -0.15) is 13.2 Å². The van der Waals surface area contributed by atoms with Crippen molar-refractivity contribution in [3.8, 4) is 0 Å². The molecular weight excluding hydrogens is 339 g/mol. The van der Waals surface area contributed by atoms with E-state index in [0.717, 1.165) is 12.5 Å². The lowest BCUT2D eigenvalue weighted by atomic mass is 9.90. The van der Waals surface area contributed by atoms with Gasteiger partial charge in [-0.15, -0.1) is 0 Å². The maximum Gasteiger partial charge on any atom is 0.401 e. The van der Waals surface area contributed by atoms with E-state index in [9.17, 15) is 22.0 Å². The zero-order valence-electron chi connectivity index (χ0n) is 12.6. The highest BCUT2D eigenvalue weighted by molar-refractivity contribution is 6.30. The van der Waals surface area contributed by atoms with E-state index in [1.807, 2.05) is 0 Å². The Morgan fingerprint density at radius 3 is 2.61 bits per heavy atom. The molecule has 0 radical (unpaired) electrons. The van der Waals surface area contributed by atoms with Crippen LogP contribution in [0, 0.1) is 11.6 Å². The van der Waals surface area contributed by atoms with Gasteiger partial charge in [0, 0.05) is 11.6 Å². The summed E-state index contributed by atoms with van der Waals surface area (Å²) in [4.78, 5) is 1.31. The van der Waals surface area contributed by atoms with Gasteiger partial charge in [-0.25, -0.2) is 8.78 Å². The van der Waals surface area contributed by atoms with Crippen molar-refractivity contribution in [3.05, 3.63) is 34.4 Å². The van der Waals surface area contributed by atoms with Crippen molar-refractivity contribution in [1.82, 2.24) is 10.2 Å². The van der Waals surface area contributed by atoms with Gasteiger partial charge in [0.15, 0.2) is 0 Å². The summed E-state index contributed by atoms with van der Waals surface area (Å²) in [7, 11) is 1.54. The van der Waals surface area contributed by atoms with Gasteiger partial charge in [-0.1, -0.05) is 24.1 Å². The number of rotatable bonds is 4. The molecule has 0 spiro atoms. The Balaban J connectivity index is 2.32. The third kappa shape index (κ3) is 4.33. The van der Waals surface area contributed by atoms with Gasteiger partial charge in [-0.3, -0.25) is 4.90 Å². The lowest BCUT2D eigenvalue weighted by molar-refractivity contribution is -0.155. The fraction of sp³-hybridized carbons (Fsp3) is 0.600. The second kappa shape index (κ2) is 7.32. The Kier molecular flexibility index (Phi) is 5.86. The van der Waals surface area contributed by atoms with E-state index >= 15 is 0 Å². The largest absolute Gasteiger partial charge is 0.401 e. The number of nitrogens with zero attached hydrogens (tertiary/aromatic N) is 1. The van der Waals surface area contributed by atoms with Crippen LogP contribution in [0.25, 0.3) is 0 Å². The van der Waals surface area contributed by atoms with E-state index in [1.54, 1.807) is 7.05 Å². The molecule has 1 aromatic carbocycles. The van der Waals surface area contributed by atoms with E-state index in [1.165, 1.54) is 11.0 Å². The summed E-state index contributed by atoms with van der Waals surface area (Å²) in [5.41, 5.74) is 0.0815. The Labute approximate surface area is 136 Å². The number of nitrogens with one attached hydrogen (secondary N) is 1. The van der Waals surface area contributed by atoms with Crippen LogP contribution in [0.1, 0.15) is 30.9 Å². The van der Waals surface area contributed by atoms with Crippen molar-refractivity contribution < 1.29 is 22.0 Å². The van der Waals surface area contributed by atoms with Crippen LogP contribution in [0.4, 0.5) is 22.0 Å². The van der Waals surface area contributed by atoms with E-state index < -0.39 is 41.5 Å². The third-order valence-corrected chi connectivity index (χ3v) is 4.49. The molecule has 1 aromatic rings. The normalized spacial score (nSPS) is 21.4. The molecule has 1 aliphatic heterocycles. The van der Waals surface area contributed by atoms with Gasteiger partial charge < -0.3 is 5.32 Å². The number of hydrogen-bond donors (Lipinski definition) is 1. The van der Waals surface area contributed by atoms with E-state index in [0.29, 0.717) is 19.4 Å². The second-order valence-electron chi connectivity index (χ2n) is 5.68. The van der Waals surface area contributed by atoms with Crippen molar-refractivity contribution in [3.63, 3.8) is 0 Å². The Hall–Kier alpha value is -0.920. The zero-order chi connectivity index (χ0) is 17.2. The van der Waals surface area contributed by atoms with Crippen molar-refractivity contribution in [1.29, 1.82) is 0 Å². The van der Waals surface area contributed by atoms with Crippen LogP contribution in [0.2, 0.25) is 5.02 Å². The highest BCUT2D eigenvalue weighted by Gasteiger charge is 2.38. The van der Waals surface area contributed by atoms with Gasteiger partial charge in [0.2, 0.25) is 0 Å². The summed E-state index contributed by atoms with van der Waals surface area (Å²) in [6, 6.07) is 1.03. The molecule has 8 heteroatoms. The second-order valence-corrected chi connectivity index (χ2v) is 6.06. The lowest BCUT2D eigenvalue weighted by Crippen LogP contribution is -2.50. The number of alkyl halides is 3. The quantitative estimate of drug-likeness (QED) is 0.639. The summed E-state index contributed by atoms with van der Waals surface area (Å²) >= 11 is 5.59. The summed E-state index contributed by atoms with van der Waals surface area (Å²) in [5.74, 6) is -1.82. The number of piperidine rings is 1. The lowest BCUT2D eigenvalue weighted by Gasteiger charge is -2.41. The maximum absolute atomic E-state index is 14.3. The van der Waals surface area contributed by atoms with Gasteiger partial charge in [0.05, 0.1) is 12.6 Å². The van der Waals surface area contributed by atoms with Crippen molar-refractivity contribution in [2.24, 2.45) is 0 Å². The Morgan fingerprint density at radius 2 is 2.00 bits per heavy atom.